The molecule has 1 atom stereocenters. The van der Waals surface area contributed by atoms with Gasteiger partial charge in [-0.1, -0.05) is 6.92 Å². The van der Waals surface area contributed by atoms with E-state index in [-0.39, 0.29) is 10.3 Å². The number of carboxylic acids is 1. The molecule has 0 aliphatic carbocycles. The van der Waals surface area contributed by atoms with Gasteiger partial charge in [-0.15, -0.1) is 11.3 Å². The van der Waals surface area contributed by atoms with Gasteiger partial charge in [0.2, 0.25) is 0 Å². The third-order valence-electron chi connectivity index (χ3n) is 5.61. The molecule has 2 heterocycles. The van der Waals surface area contributed by atoms with Gasteiger partial charge in [0.05, 0.1) is 12.7 Å². The third-order valence-corrected chi connectivity index (χ3v) is 8.68. The molecule has 0 unspecified atom stereocenters. The molecule has 3 rings (SSSR count). The van der Waals surface area contributed by atoms with Crippen LogP contribution in [0.25, 0.3) is 10.4 Å². The van der Waals surface area contributed by atoms with Crippen LogP contribution in [0.15, 0.2) is 40.6 Å². The van der Waals surface area contributed by atoms with Crippen LogP contribution in [0.2, 0.25) is 0 Å². The molecule has 0 saturated carbocycles. The van der Waals surface area contributed by atoms with Crippen molar-refractivity contribution in [2.45, 2.75) is 56.4 Å². The molecule has 1 aliphatic heterocycles. The molecule has 0 bridgehead atoms. The maximum Gasteiger partial charge on any atom is 0.410 e. The topological polar surface area (TPSA) is 122 Å². The Hall–Kier alpha value is -2.63. The molecular weight excluding hydrogens is 492 g/mol. The Morgan fingerprint density at radius 1 is 1.14 bits per heavy atom. The predicted octanol–water partition coefficient (Wildman–Crippen LogP) is 4.19. The minimum Gasteiger partial charge on any atom is -0.494 e. The average molecular weight is 525 g/mol. The van der Waals surface area contributed by atoms with E-state index in [4.69, 9.17) is 9.47 Å². The largest absolute Gasteiger partial charge is 0.494 e. The Kier molecular flexibility index (Phi) is 9.15. The highest BCUT2D eigenvalue weighted by Gasteiger charge is 2.36. The number of hydrogen-bond acceptors (Lipinski definition) is 7. The van der Waals surface area contributed by atoms with E-state index in [9.17, 15) is 23.1 Å². The number of piperidine rings is 1. The smallest absolute Gasteiger partial charge is 0.410 e. The van der Waals surface area contributed by atoms with E-state index in [1.165, 1.54) is 11.0 Å². The summed E-state index contributed by atoms with van der Waals surface area (Å²) in [5.74, 6) is -0.939. The van der Waals surface area contributed by atoms with Crippen LogP contribution in [0.5, 0.6) is 5.75 Å². The van der Waals surface area contributed by atoms with Gasteiger partial charge in [-0.2, -0.15) is 4.72 Å². The van der Waals surface area contributed by atoms with Gasteiger partial charge < -0.3 is 19.5 Å². The molecule has 35 heavy (non-hydrogen) atoms. The van der Waals surface area contributed by atoms with Gasteiger partial charge >= 0.3 is 12.1 Å². The van der Waals surface area contributed by atoms with Crippen molar-refractivity contribution >= 4 is 33.4 Å². The van der Waals surface area contributed by atoms with Crippen LogP contribution >= 0.6 is 11.3 Å². The Balaban J connectivity index is 1.66. The average Bonchev–Trinajstić information content (AvgIpc) is 3.32. The van der Waals surface area contributed by atoms with Crippen LogP contribution in [0, 0.1) is 5.92 Å². The second-order valence-electron chi connectivity index (χ2n) is 8.69. The Bertz CT molecular complexity index is 1110. The number of nitrogens with zero attached hydrogens (tertiary/aromatic N) is 1. The number of sulfonamides is 1. The van der Waals surface area contributed by atoms with Crippen LogP contribution in [-0.4, -0.2) is 62.3 Å². The van der Waals surface area contributed by atoms with E-state index < -0.39 is 34.0 Å². The van der Waals surface area contributed by atoms with Crippen molar-refractivity contribution in [1.82, 2.24) is 9.62 Å². The van der Waals surface area contributed by atoms with Gasteiger partial charge in [0, 0.05) is 18.0 Å². The zero-order valence-electron chi connectivity index (χ0n) is 20.1. The summed E-state index contributed by atoms with van der Waals surface area (Å²) in [5, 5.41) is 9.76. The molecule has 1 fully saturated rings. The highest BCUT2D eigenvalue weighted by molar-refractivity contribution is 7.91. The van der Waals surface area contributed by atoms with Crippen LogP contribution in [0.1, 0.15) is 40.0 Å². The van der Waals surface area contributed by atoms with Gasteiger partial charge in [-0.05, 0) is 81.0 Å². The zero-order chi connectivity index (χ0) is 25.6. The minimum atomic E-state index is -4.05. The molecule has 0 radical (unpaired) electrons. The lowest BCUT2D eigenvalue weighted by atomic mass is 9.90. The second-order valence-corrected chi connectivity index (χ2v) is 11.7. The first-order valence-electron chi connectivity index (χ1n) is 11.6. The summed E-state index contributed by atoms with van der Waals surface area (Å²) in [6, 6.07) is 9.28. The number of ether oxygens (including phenoxy) is 2. The van der Waals surface area contributed by atoms with Gasteiger partial charge in [0.1, 0.15) is 16.0 Å². The maximum atomic E-state index is 13.0. The summed E-state index contributed by atoms with van der Waals surface area (Å²) in [4.78, 5) is 26.3. The van der Waals surface area contributed by atoms with Crippen molar-refractivity contribution in [2.24, 2.45) is 5.92 Å². The first kappa shape index (κ1) is 27.0. The summed E-state index contributed by atoms with van der Waals surface area (Å²) >= 11 is 1.07. The number of aliphatic carboxylic acids is 1. The highest BCUT2D eigenvalue weighted by Crippen LogP contribution is 2.32. The molecular formula is C24H32N2O7S2. The molecule has 192 valence electrons. The molecule has 2 aromatic rings. The first-order chi connectivity index (χ1) is 16.6. The third kappa shape index (κ3) is 7.18. The Labute approximate surface area is 210 Å². The van der Waals surface area contributed by atoms with Crippen LogP contribution in [0.4, 0.5) is 4.79 Å². The molecule has 11 heteroatoms. The van der Waals surface area contributed by atoms with Gasteiger partial charge in [0.25, 0.3) is 10.0 Å². The van der Waals surface area contributed by atoms with Crippen LogP contribution in [-0.2, 0) is 19.6 Å². The number of amides is 1. The fourth-order valence-corrected chi connectivity index (χ4v) is 6.41. The first-order valence-corrected chi connectivity index (χ1v) is 13.9. The van der Waals surface area contributed by atoms with Crippen molar-refractivity contribution in [1.29, 1.82) is 0 Å². The van der Waals surface area contributed by atoms with Crippen molar-refractivity contribution in [3.05, 3.63) is 36.4 Å². The van der Waals surface area contributed by atoms with Gasteiger partial charge in [0.15, 0.2) is 0 Å². The molecule has 1 aromatic heterocycles. The number of carboxylic acid groups (broad SMARTS) is 1. The molecule has 1 aromatic carbocycles. The normalized spacial score (nSPS) is 15.7. The number of hydrogen-bond donors (Lipinski definition) is 2. The number of rotatable bonds is 10. The standard InChI is InChI=1S/C24H32N2O7S2/c1-4-15-32-19-7-5-17(6-8-19)20-9-10-21(34-20)35(30,31)25-22(23(27)28)18-11-13-26(14-12-18)24(29)33-16(2)3/h5-10,16,18,22,25H,4,11-15H2,1-3H3,(H,27,28)/t22-/m1/s1. The number of benzene rings is 1. The quantitative estimate of drug-likeness (QED) is 0.478. The summed E-state index contributed by atoms with van der Waals surface area (Å²) in [7, 11) is -4.05. The highest BCUT2D eigenvalue weighted by atomic mass is 32.2. The van der Waals surface area contributed by atoms with Gasteiger partial charge in [-0.25, -0.2) is 13.2 Å². The Morgan fingerprint density at radius 3 is 2.37 bits per heavy atom. The lowest BCUT2D eigenvalue weighted by molar-refractivity contribution is -0.140. The summed E-state index contributed by atoms with van der Waals surface area (Å²) in [6.45, 7) is 6.78. The second kappa shape index (κ2) is 11.9. The molecule has 1 aliphatic rings. The van der Waals surface area contributed by atoms with E-state index in [1.54, 1.807) is 19.9 Å². The summed E-state index contributed by atoms with van der Waals surface area (Å²) in [5.41, 5.74) is 0.843. The monoisotopic (exact) mass is 524 g/mol. The minimum absolute atomic E-state index is 0.0445. The lowest BCUT2D eigenvalue weighted by Crippen LogP contribution is -2.50. The molecule has 1 amide bonds. The zero-order valence-corrected chi connectivity index (χ0v) is 21.7. The van der Waals surface area contributed by atoms with Crippen LogP contribution < -0.4 is 9.46 Å². The van der Waals surface area contributed by atoms with E-state index in [0.717, 1.165) is 33.9 Å². The van der Waals surface area contributed by atoms with Crippen molar-refractivity contribution in [3.63, 3.8) is 0 Å². The number of nitrogens with one attached hydrogen (secondary N) is 1. The predicted molar refractivity (Wildman–Crippen MR) is 133 cm³/mol. The summed E-state index contributed by atoms with van der Waals surface area (Å²) < 4.78 is 39.3. The molecule has 2 N–H and O–H groups in total. The summed E-state index contributed by atoms with van der Waals surface area (Å²) in [6.07, 6.45) is 0.926. The number of thiophene rings is 1. The fourth-order valence-electron chi connectivity index (χ4n) is 3.82. The molecule has 1 saturated heterocycles. The number of carbonyl (C=O) groups excluding carboxylic acids is 1. The van der Waals surface area contributed by atoms with E-state index in [0.29, 0.717) is 32.5 Å². The van der Waals surface area contributed by atoms with Crippen molar-refractivity contribution < 1.29 is 32.6 Å². The van der Waals surface area contributed by atoms with Gasteiger partial charge in [-0.3, -0.25) is 4.79 Å². The number of carbonyl (C=O) groups is 2. The van der Waals surface area contributed by atoms with Crippen molar-refractivity contribution in [2.75, 3.05) is 19.7 Å². The number of likely N-dealkylation sites (tertiary alicyclic amines) is 1. The lowest BCUT2D eigenvalue weighted by Gasteiger charge is -2.34. The van der Waals surface area contributed by atoms with E-state index in [2.05, 4.69) is 4.72 Å². The molecule has 9 nitrogen and oxygen atoms in total. The SMILES string of the molecule is CCCOc1ccc(-c2ccc(S(=O)(=O)N[C@@H](C(=O)O)C3CCN(C(=O)OC(C)C)CC3)s2)cc1. The van der Waals surface area contributed by atoms with Crippen molar-refractivity contribution in [3.8, 4) is 16.2 Å². The Morgan fingerprint density at radius 2 is 1.80 bits per heavy atom. The van der Waals surface area contributed by atoms with E-state index in [1.807, 2.05) is 31.2 Å². The van der Waals surface area contributed by atoms with Crippen LogP contribution in [0.3, 0.4) is 0 Å². The fraction of sp³-hybridized carbons (Fsp3) is 0.500. The maximum absolute atomic E-state index is 13.0. The van der Waals surface area contributed by atoms with E-state index >= 15 is 0 Å². The molecule has 0 spiro atoms.